The molecule has 2 aromatic carbocycles. The highest BCUT2D eigenvalue weighted by molar-refractivity contribution is 5.85. The van der Waals surface area contributed by atoms with E-state index in [0.29, 0.717) is 5.92 Å². The van der Waals surface area contributed by atoms with Gasteiger partial charge >= 0.3 is 0 Å². The van der Waals surface area contributed by atoms with Crippen LogP contribution in [0.3, 0.4) is 0 Å². The quantitative estimate of drug-likeness (QED) is 0.574. The van der Waals surface area contributed by atoms with Gasteiger partial charge in [-0.15, -0.1) is 0 Å². The number of methoxy groups -OCH3 is 1. The van der Waals surface area contributed by atoms with Crippen LogP contribution < -0.4 is 4.74 Å². The highest BCUT2D eigenvalue weighted by Crippen LogP contribution is 2.35. The van der Waals surface area contributed by atoms with E-state index in [9.17, 15) is 0 Å². The Morgan fingerprint density at radius 2 is 1.96 bits per heavy atom. The molecule has 0 bridgehead atoms. The van der Waals surface area contributed by atoms with Crippen molar-refractivity contribution in [2.24, 2.45) is 7.05 Å². The fourth-order valence-corrected chi connectivity index (χ4v) is 4.52. The Balaban J connectivity index is 1.30. The Kier molecular flexibility index (Phi) is 4.32. The number of nitrogens with one attached hydrogen (secondary N) is 1. The van der Waals surface area contributed by atoms with Gasteiger partial charge in [0.25, 0.3) is 0 Å². The van der Waals surface area contributed by atoms with Crippen molar-refractivity contribution >= 4 is 21.9 Å². The summed E-state index contributed by atoms with van der Waals surface area (Å²) < 4.78 is 7.65. The molecule has 0 saturated carbocycles. The first-order chi connectivity index (χ1) is 13.7. The van der Waals surface area contributed by atoms with Crippen LogP contribution in [0.2, 0.25) is 0 Å². The predicted molar refractivity (Wildman–Crippen MR) is 113 cm³/mol. The maximum Gasteiger partial charge on any atom is 0.123 e. The first-order valence-electron chi connectivity index (χ1n) is 10.0. The van der Waals surface area contributed by atoms with Crippen LogP contribution >= 0.6 is 0 Å². The molecular formula is C23H26N4O. The van der Waals surface area contributed by atoms with Crippen molar-refractivity contribution in [1.29, 1.82) is 0 Å². The van der Waals surface area contributed by atoms with Crippen molar-refractivity contribution in [3.8, 4) is 5.75 Å². The zero-order chi connectivity index (χ0) is 19.1. The van der Waals surface area contributed by atoms with E-state index < -0.39 is 0 Å². The molecule has 0 unspecified atom stereocenters. The summed E-state index contributed by atoms with van der Waals surface area (Å²) in [5.74, 6) is 2.67. The van der Waals surface area contributed by atoms with E-state index in [1.807, 2.05) is 6.07 Å². The van der Waals surface area contributed by atoms with Crippen molar-refractivity contribution in [2.75, 3.05) is 20.2 Å². The van der Waals surface area contributed by atoms with Gasteiger partial charge in [0.05, 0.1) is 24.7 Å². The van der Waals surface area contributed by atoms with Gasteiger partial charge in [-0.05, 0) is 67.7 Å². The number of aromatic amines is 1. The molecule has 1 fully saturated rings. The Morgan fingerprint density at radius 1 is 1.14 bits per heavy atom. The lowest BCUT2D eigenvalue weighted by Crippen LogP contribution is -2.33. The fourth-order valence-electron chi connectivity index (χ4n) is 4.52. The molecule has 1 aliphatic rings. The molecule has 1 N–H and O–H groups in total. The third-order valence-electron chi connectivity index (χ3n) is 6.19. The van der Waals surface area contributed by atoms with Crippen LogP contribution in [0, 0.1) is 0 Å². The highest BCUT2D eigenvalue weighted by Gasteiger charge is 2.24. The molecule has 28 heavy (non-hydrogen) atoms. The number of aromatic nitrogens is 3. The van der Waals surface area contributed by atoms with Crippen LogP contribution in [-0.4, -0.2) is 39.6 Å². The molecule has 0 spiro atoms. The van der Waals surface area contributed by atoms with Gasteiger partial charge in [0.2, 0.25) is 0 Å². The number of imidazole rings is 1. The van der Waals surface area contributed by atoms with E-state index >= 15 is 0 Å². The Hall–Kier alpha value is -2.79. The van der Waals surface area contributed by atoms with Crippen LogP contribution in [0.1, 0.15) is 30.1 Å². The van der Waals surface area contributed by atoms with Crippen LogP contribution in [0.25, 0.3) is 21.9 Å². The molecule has 3 heterocycles. The molecule has 5 heteroatoms. The standard InChI is InChI=1S/C23H26N4O/c1-26-22-6-4-3-5-21(22)25-23(26)15-27-11-9-16(10-12-27)19-14-24-20-8-7-17(28-2)13-18(19)20/h3-8,13-14,16,24H,9-12,15H2,1-2H3. The molecule has 144 valence electrons. The number of ether oxygens (including phenoxy) is 1. The molecule has 0 atom stereocenters. The zero-order valence-electron chi connectivity index (χ0n) is 16.5. The largest absolute Gasteiger partial charge is 0.497 e. The summed E-state index contributed by atoms with van der Waals surface area (Å²) in [4.78, 5) is 10.8. The summed E-state index contributed by atoms with van der Waals surface area (Å²) in [5, 5.41) is 1.30. The maximum absolute atomic E-state index is 5.42. The van der Waals surface area contributed by atoms with Gasteiger partial charge in [-0.3, -0.25) is 4.90 Å². The average molecular weight is 374 g/mol. The third-order valence-corrected chi connectivity index (χ3v) is 6.19. The second kappa shape index (κ2) is 6.99. The van der Waals surface area contributed by atoms with Gasteiger partial charge in [-0.2, -0.15) is 0 Å². The van der Waals surface area contributed by atoms with Crippen molar-refractivity contribution in [3.05, 3.63) is 60.0 Å². The van der Waals surface area contributed by atoms with Crippen LogP contribution in [0.15, 0.2) is 48.7 Å². The third kappa shape index (κ3) is 2.96. The fraction of sp³-hybridized carbons (Fsp3) is 0.348. The molecule has 5 rings (SSSR count). The average Bonchev–Trinajstić information content (AvgIpc) is 3.30. The first kappa shape index (κ1) is 17.3. The van der Waals surface area contributed by atoms with Gasteiger partial charge in [0.1, 0.15) is 11.6 Å². The van der Waals surface area contributed by atoms with Crippen molar-refractivity contribution in [1.82, 2.24) is 19.4 Å². The highest BCUT2D eigenvalue weighted by atomic mass is 16.5. The molecule has 0 radical (unpaired) electrons. The van der Waals surface area contributed by atoms with E-state index in [1.165, 1.54) is 34.8 Å². The van der Waals surface area contributed by atoms with Gasteiger partial charge in [-0.25, -0.2) is 4.98 Å². The SMILES string of the molecule is COc1ccc2[nH]cc(C3CCN(Cc4nc5ccccc5n4C)CC3)c2c1. The molecule has 0 aliphatic carbocycles. The molecule has 5 nitrogen and oxygen atoms in total. The van der Waals surface area contributed by atoms with E-state index in [1.54, 1.807) is 7.11 Å². The second-order valence-electron chi connectivity index (χ2n) is 7.78. The van der Waals surface area contributed by atoms with E-state index in [0.717, 1.165) is 36.7 Å². The minimum absolute atomic E-state index is 0.595. The van der Waals surface area contributed by atoms with Crippen molar-refractivity contribution < 1.29 is 4.74 Å². The van der Waals surface area contributed by atoms with Gasteiger partial charge in [0.15, 0.2) is 0 Å². The summed E-state index contributed by atoms with van der Waals surface area (Å²) in [6, 6.07) is 14.7. The van der Waals surface area contributed by atoms with Crippen LogP contribution in [0.5, 0.6) is 5.75 Å². The lowest BCUT2D eigenvalue weighted by molar-refractivity contribution is 0.199. The number of hydrogen-bond acceptors (Lipinski definition) is 3. The second-order valence-corrected chi connectivity index (χ2v) is 7.78. The number of hydrogen-bond donors (Lipinski definition) is 1. The van der Waals surface area contributed by atoms with Crippen molar-refractivity contribution in [3.63, 3.8) is 0 Å². The number of para-hydroxylation sites is 2. The molecule has 1 saturated heterocycles. The summed E-state index contributed by atoms with van der Waals surface area (Å²) in [6.45, 7) is 3.12. The predicted octanol–water partition coefficient (Wildman–Crippen LogP) is 4.44. The van der Waals surface area contributed by atoms with E-state index in [2.05, 4.69) is 64.1 Å². The van der Waals surface area contributed by atoms with Crippen LogP contribution in [0.4, 0.5) is 0 Å². The maximum atomic E-state index is 5.42. The van der Waals surface area contributed by atoms with Gasteiger partial charge in [0, 0.05) is 24.1 Å². The minimum atomic E-state index is 0.595. The number of aryl methyl sites for hydroxylation is 1. The Bertz CT molecular complexity index is 1120. The molecule has 4 aromatic rings. The number of fused-ring (bicyclic) bond motifs is 2. The first-order valence-corrected chi connectivity index (χ1v) is 10.0. The van der Waals surface area contributed by atoms with Crippen LogP contribution in [-0.2, 0) is 13.6 Å². The minimum Gasteiger partial charge on any atom is -0.497 e. The summed E-state index contributed by atoms with van der Waals surface area (Å²) >= 11 is 0. The van der Waals surface area contributed by atoms with E-state index in [4.69, 9.17) is 9.72 Å². The Morgan fingerprint density at radius 3 is 2.75 bits per heavy atom. The summed E-state index contributed by atoms with van der Waals surface area (Å²) in [7, 11) is 3.85. The molecule has 0 amide bonds. The number of piperidine rings is 1. The van der Waals surface area contributed by atoms with Crippen molar-refractivity contribution in [2.45, 2.75) is 25.3 Å². The van der Waals surface area contributed by atoms with Gasteiger partial charge in [-0.1, -0.05) is 12.1 Å². The molecular weight excluding hydrogens is 348 g/mol. The summed E-state index contributed by atoms with van der Waals surface area (Å²) in [6.07, 6.45) is 4.54. The normalized spacial score (nSPS) is 16.2. The lowest BCUT2D eigenvalue weighted by atomic mass is 9.89. The Labute approximate surface area is 164 Å². The topological polar surface area (TPSA) is 46.1 Å². The number of nitrogens with zero attached hydrogens (tertiary/aromatic N) is 3. The monoisotopic (exact) mass is 374 g/mol. The number of likely N-dealkylation sites (tertiary alicyclic amines) is 1. The van der Waals surface area contributed by atoms with Gasteiger partial charge < -0.3 is 14.3 Å². The molecule has 2 aromatic heterocycles. The number of H-pyrrole nitrogens is 1. The zero-order valence-corrected chi connectivity index (χ0v) is 16.5. The lowest BCUT2D eigenvalue weighted by Gasteiger charge is -2.31. The number of rotatable bonds is 4. The van der Waals surface area contributed by atoms with E-state index in [-0.39, 0.29) is 0 Å². The number of benzene rings is 2. The smallest absolute Gasteiger partial charge is 0.123 e. The summed E-state index contributed by atoms with van der Waals surface area (Å²) in [5.41, 5.74) is 4.91. The molecule has 1 aliphatic heterocycles.